The van der Waals surface area contributed by atoms with Crippen molar-refractivity contribution in [1.82, 2.24) is 24.8 Å². The Morgan fingerprint density at radius 3 is 2.72 bits per heavy atom. The number of nitrogens with zero attached hydrogens (tertiary/aromatic N) is 4. The fourth-order valence-corrected chi connectivity index (χ4v) is 4.59. The molecule has 14 heteroatoms. The minimum Gasteiger partial charge on any atom is -0.381 e. The first-order valence-corrected chi connectivity index (χ1v) is 12.2. The number of nitrogens with two attached hydrogens (primary N) is 1. The number of rotatable bonds is 6. The summed E-state index contributed by atoms with van der Waals surface area (Å²) in [5, 5.41) is 6.97. The van der Waals surface area contributed by atoms with Gasteiger partial charge in [0.15, 0.2) is 11.5 Å². The predicted octanol–water partition coefficient (Wildman–Crippen LogP) is 2.70. The van der Waals surface area contributed by atoms with Gasteiger partial charge in [-0.2, -0.15) is 13.2 Å². The summed E-state index contributed by atoms with van der Waals surface area (Å²) in [6, 6.07) is 2.89. The molecule has 190 valence electrons. The molecule has 0 bridgehead atoms. The van der Waals surface area contributed by atoms with Gasteiger partial charge < -0.3 is 25.4 Å². The number of benzene rings is 1. The van der Waals surface area contributed by atoms with Gasteiger partial charge in [-0.1, -0.05) is 11.9 Å². The van der Waals surface area contributed by atoms with Crippen LogP contribution in [0.2, 0.25) is 0 Å². The molecule has 4 heterocycles. The standard InChI is InChI=1S/C22H22F3N7O3S/c1-10(22(23,24)25)31-7-12-5-11(6-15(30-36-2)16(12)21(31)34)14-3-4-32-19(28-14)17(18(26)29-32)20(33)27-13-8-35-9-13/h3-6,10,13,30H,7-9H2,1-2H3,(H2,26,29)(H,27,33). The zero-order chi connectivity index (χ0) is 25.8. The Morgan fingerprint density at radius 2 is 2.08 bits per heavy atom. The topological polar surface area (TPSA) is 127 Å². The molecule has 36 heavy (non-hydrogen) atoms. The molecule has 2 aliphatic rings. The van der Waals surface area contributed by atoms with Gasteiger partial charge in [0.25, 0.3) is 11.8 Å². The highest BCUT2D eigenvalue weighted by molar-refractivity contribution is 7.99. The minimum atomic E-state index is -4.55. The van der Waals surface area contributed by atoms with Crippen LogP contribution in [0.3, 0.4) is 0 Å². The summed E-state index contributed by atoms with van der Waals surface area (Å²) in [6.45, 7) is 1.60. The molecule has 2 amide bonds. The summed E-state index contributed by atoms with van der Waals surface area (Å²) in [6.07, 6.45) is -1.22. The predicted molar refractivity (Wildman–Crippen MR) is 127 cm³/mol. The van der Waals surface area contributed by atoms with E-state index in [1.807, 2.05) is 0 Å². The van der Waals surface area contributed by atoms with Crippen LogP contribution in [0.15, 0.2) is 24.4 Å². The lowest BCUT2D eigenvalue weighted by Crippen LogP contribution is -2.48. The smallest absolute Gasteiger partial charge is 0.381 e. The van der Waals surface area contributed by atoms with Crippen molar-refractivity contribution in [3.05, 3.63) is 41.1 Å². The Labute approximate surface area is 207 Å². The molecule has 1 unspecified atom stereocenters. The van der Waals surface area contributed by atoms with Crippen LogP contribution in [0.25, 0.3) is 16.9 Å². The van der Waals surface area contributed by atoms with E-state index in [-0.39, 0.29) is 35.2 Å². The number of ether oxygens (including phenoxy) is 1. The minimum absolute atomic E-state index is 0.0125. The number of fused-ring (bicyclic) bond motifs is 2. The highest BCUT2D eigenvalue weighted by Gasteiger charge is 2.45. The van der Waals surface area contributed by atoms with Crippen LogP contribution in [0.4, 0.5) is 24.7 Å². The van der Waals surface area contributed by atoms with Crippen LogP contribution >= 0.6 is 11.9 Å². The van der Waals surface area contributed by atoms with Gasteiger partial charge in [-0.05, 0) is 30.7 Å². The molecule has 4 N–H and O–H groups in total. The lowest BCUT2D eigenvalue weighted by molar-refractivity contribution is -0.172. The molecule has 0 saturated carbocycles. The summed E-state index contributed by atoms with van der Waals surface area (Å²) in [4.78, 5) is 31.1. The van der Waals surface area contributed by atoms with Crippen molar-refractivity contribution < 1.29 is 27.5 Å². The summed E-state index contributed by atoms with van der Waals surface area (Å²) in [5.41, 5.74) is 8.36. The molecular weight excluding hydrogens is 499 g/mol. The number of hydrogen-bond acceptors (Lipinski definition) is 8. The van der Waals surface area contributed by atoms with E-state index in [4.69, 9.17) is 10.5 Å². The van der Waals surface area contributed by atoms with Crippen molar-refractivity contribution in [2.75, 3.05) is 29.9 Å². The molecule has 0 aliphatic carbocycles. The number of aromatic nitrogens is 3. The van der Waals surface area contributed by atoms with E-state index in [9.17, 15) is 22.8 Å². The molecule has 2 aliphatic heterocycles. The van der Waals surface area contributed by atoms with Crippen molar-refractivity contribution in [3.63, 3.8) is 0 Å². The number of amides is 2. The van der Waals surface area contributed by atoms with Gasteiger partial charge in [0.05, 0.1) is 36.2 Å². The third-order valence-corrected chi connectivity index (χ3v) is 6.62. The van der Waals surface area contributed by atoms with E-state index in [1.54, 1.807) is 30.7 Å². The number of anilines is 2. The number of hydrogen-bond donors (Lipinski definition) is 3. The van der Waals surface area contributed by atoms with Crippen molar-refractivity contribution >= 4 is 40.9 Å². The summed E-state index contributed by atoms with van der Waals surface area (Å²) < 4.78 is 49.6. The zero-order valence-electron chi connectivity index (χ0n) is 19.2. The highest BCUT2D eigenvalue weighted by Crippen LogP contribution is 2.38. The fraction of sp³-hybridized carbons (Fsp3) is 0.364. The molecule has 0 spiro atoms. The number of halogens is 3. The van der Waals surface area contributed by atoms with E-state index in [1.165, 1.54) is 16.5 Å². The molecule has 1 fully saturated rings. The molecule has 10 nitrogen and oxygen atoms in total. The van der Waals surface area contributed by atoms with Gasteiger partial charge in [-0.3, -0.25) is 9.59 Å². The van der Waals surface area contributed by atoms with Crippen LogP contribution in [0.5, 0.6) is 0 Å². The van der Waals surface area contributed by atoms with Crippen molar-refractivity contribution in [3.8, 4) is 11.3 Å². The fourth-order valence-electron chi connectivity index (χ4n) is 4.21. The second-order valence-electron chi connectivity index (χ2n) is 8.56. The van der Waals surface area contributed by atoms with E-state index in [2.05, 4.69) is 20.1 Å². The summed E-state index contributed by atoms with van der Waals surface area (Å²) in [5.74, 6) is -1.11. The van der Waals surface area contributed by atoms with Gasteiger partial charge in [0, 0.05) is 24.6 Å². The first-order valence-electron chi connectivity index (χ1n) is 11.0. The second-order valence-corrected chi connectivity index (χ2v) is 9.18. The lowest BCUT2D eigenvalue weighted by Gasteiger charge is -2.26. The van der Waals surface area contributed by atoms with Crippen molar-refractivity contribution in [2.45, 2.75) is 31.7 Å². The largest absolute Gasteiger partial charge is 0.408 e. The molecule has 0 radical (unpaired) electrons. The van der Waals surface area contributed by atoms with Crippen LogP contribution in [-0.2, 0) is 11.3 Å². The summed E-state index contributed by atoms with van der Waals surface area (Å²) in [7, 11) is 0. The second kappa shape index (κ2) is 8.85. The van der Waals surface area contributed by atoms with Crippen LogP contribution < -0.4 is 15.8 Å². The van der Waals surface area contributed by atoms with E-state index < -0.39 is 24.0 Å². The number of alkyl halides is 3. The number of nitrogen functional groups attached to an aromatic ring is 1. The molecule has 3 aromatic rings. The maximum atomic E-state index is 13.4. The molecule has 2 aromatic heterocycles. The Morgan fingerprint density at radius 1 is 1.33 bits per heavy atom. The first kappa shape index (κ1) is 24.2. The lowest BCUT2D eigenvalue weighted by atomic mass is 10.0. The number of carbonyl (C=O) groups excluding carboxylic acids is 2. The number of nitrogens with one attached hydrogen (secondary N) is 2. The maximum absolute atomic E-state index is 13.4. The highest BCUT2D eigenvalue weighted by atomic mass is 32.2. The first-order chi connectivity index (χ1) is 17.1. The normalized spacial score (nSPS) is 16.7. The Kier molecular flexibility index (Phi) is 5.95. The molecule has 5 rings (SSSR count). The molecular formula is C22H22F3N7O3S. The summed E-state index contributed by atoms with van der Waals surface area (Å²) >= 11 is 1.21. The monoisotopic (exact) mass is 521 g/mol. The Bertz CT molecular complexity index is 1370. The van der Waals surface area contributed by atoms with Gasteiger partial charge in [0.1, 0.15) is 11.6 Å². The molecule has 1 atom stereocenters. The number of carbonyl (C=O) groups is 2. The van der Waals surface area contributed by atoms with Gasteiger partial charge >= 0.3 is 6.18 Å². The van der Waals surface area contributed by atoms with Gasteiger partial charge in [-0.25, -0.2) is 9.50 Å². The Hall–Kier alpha value is -3.52. The van der Waals surface area contributed by atoms with E-state index >= 15 is 0 Å². The maximum Gasteiger partial charge on any atom is 0.408 e. The van der Waals surface area contributed by atoms with Crippen molar-refractivity contribution in [1.29, 1.82) is 0 Å². The third kappa shape index (κ3) is 4.09. The van der Waals surface area contributed by atoms with Gasteiger partial charge in [-0.15, -0.1) is 5.10 Å². The molecule has 1 saturated heterocycles. The van der Waals surface area contributed by atoms with Crippen molar-refractivity contribution in [2.24, 2.45) is 0 Å². The van der Waals surface area contributed by atoms with Crippen LogP contribution in [0, 0.1) is 0 Å². The van der Waals surface area contributed by atoms with Gasteiger partial charge in [0.2, 0.25) is 0 Å². The Balaban J connectivity index is 1.55. The van der Waals surface area contributed by atoms with E-state index in [0.717, 1.165) is 11.8 Å². The average molecular weight is 522 g/mol. The third-order valence-electron chi connectivity index (χ3n) is 6.20. The van der Waals surface area contributed by atoms with Crippen LogP contribution in [0.1, 0.15) is 33.2 Å². The average Bonchev–Trinajstić information content (AvgIpc) is 3.30. The molecule has 1 aromatic carbocycles. The zero-order valence-corrected chi connectivity index (χ0v) is 20.0. The quantitative estimate of drug-likeness (QED) is 0.423. The van der Waals surface area contributed by atoms with E-state index in [0.29, 0.717) is 35.7 Å². The SMILES string of the molecule is CSNc1cc(-c2ccn3nc(N)c(C(=O)NC4COC4)c3n2)cc2c1C(=O)N(C(C)C(F)(F)F)C2. The van der Waals surface area contributed by atoms with Crippen LogP contribution in [-0.4, -0.2) is 69.0 Å².